The maximum Gasteiger partial charge on any atom is 0.315 e. The van der Waals surface area contributed by atoms with Crippen molar-refractivity contribution in [2.75, 3.05) is 18.8 Å². The van der Waals surface area contributed by atoms with Crippen LogP contribution in [0.3, 0.4) is 0 Å². The molecule has 2 aliphatic heterocycles. The number of urea groups is 1. The molecule has 4 rings (SSSR count). The van der Waals surface area contributed by atoms with E-state index in [0.717, 1.165) is 62.0 Å². The zero-order valence-corrected chi connectivity index (χ0v) is 22.8. The van der Waals surface area contributed by atoms with E-state index in [1.807, 2.05) is 30.8 Å². The van der Waals surface area contributed by atoms with Gasteiger partial charge in [-0.3, -0.25) is 19.6 Å². The molecular weight excluding hydrogens is 500 g/mol. The minimum Gasteiger partial charge on any atom is -0.356 e. The molecule has 4 heterocycles. The van der Waals surface area contributed by atoms with Crippen LogP contribution in [0.4, 0.5) is 4.79 Å². The van der Waals surface area contributed by atoms with Crippen LogP contribution in [0.1, 0.15) is 67.3 Å². The number of carbonyl (C=O) groups is 3. The van der Waals surface area contributed by atoms with Crippen molar-refractivity contribution in [3.05, 3.63) is 47.8 Å². The molecule has 4 amide bonds. The Hall–Kier alpha value is -3.14. The van der Waals surface area contributed by atoms with Gasteiger partial charge in [0.25, 0.3) is 5.91 Å². The van der Waals surface area contributed by atoms with Gasteiger partial charge in [0, 0.05) is 48.5 Å². The quantitative estimate of drug-likeness (QED) is 0.215. The molecule has 2 fully saturated rings. The van der Waals surface area contributed by atoms with Gasteiger partial charge in [0.05, 0.1) is 23.5 Å². The lowest BCUT2D eigenvalue weighted by Gasteiger charge is -2.16. The fourth-order valence-corrected chi connectivity index (χ4v) is 6.43. The summed E-state index contributed by atoms with van der Waals surface area (Å²) in [5, 5.41) is 12.4. The molecule has 0 radical (unpaired) electrons. The lowest BCUT2D eigenvalue weighted by atomic mass is 10.0. The standard InChI is InChI=1S/C28H38N6O3S/c1-19-10-14-29-21(16-19)22-17-20(11-15-30-22)27(36)32-13-7-3-2-6-12-31-25(35)9-5-4-8-24-26-23(18-38-24)33-28(37)34-26/h10-11,14-17,23-24,26H,2-9,12-13,18H2,1H3,(H,31,35)(H,32,36)(H2,33,34,37)/t23-,24-,26-/m0/s1. The highest BCUT2D eigenvalue weighted by Crippen LogP contribution is 2.33. The fourth-order valence-electron chi connectivity index (χ4n) is 4.89. The van der Waals surface area contributed by atoms with Crippen LogP contribution in [0.15, 0.2) is 36.7 Å². The largest absolute Gasteiger partial charge is 0.356 e. The Morgan fingerprint density at radius 3 is 2.47 bits per heavy atom. The number of rotatable bonds is 14. The van der Waals surface area contributed by atoms with E-state index in [1.165, 1.54) is 0 Å². The molecule has 0 spiro atoms. The van der Waals surface area contributed by atoms with Crippen LogP contribution < -0.4 is 21.3 Å². The van der Waals surface area contributed by atoms with E-state index in [1.54, 1.807) is 24.5 Å². The first-order chi connectivity index (χ1) is 18.5. The van der Waals surface area contributed by atoms with Gasteiger partial charge in [-0.1, -0.05) is 19.3 Å². The van der Waals surface area contributed by atoms with Crippen LogP contribution in [0, 0.1) is 6.92 Å². The lowest BCUT2D eigenvalue weighted by Crippen LogP contribution is -2.36. The summed E-state index contributed by atoms with van der Waals surface area (Å²) in [5.41, 5.74) is 3.12. The zero-order valence-electron chi connectivity index (χ0n) is 22.0. The van der Waals surface area contributed by atoms with Crippen LogP contribution in [0.25, 0.3) is 11.4 Å². The molecule has 2 saturated heterocycles. The number of hydrogen-bond donors (Lipinski definition) is 4. The van der Waals surface area contributed by atoms with Crippen LogP contribution in [-0.4, -0.2) is 64.0 Å². The molecular formula is C28H38N6O3S. The molecule has 3 atom stereocenters. The number of fused-ring (bicyclic) bond motifs is 1. The Kier molecular flexibility index (Phi) is 10.4. The van der Waals surface area contributed by atoms with Gasteiger partial charge in [-0.15, -0.1) is 0 Å². The highest BCUT2D eigenvalue weighted by molar-refractivity contribution is 8.00. The second kappa shape index (κ2) is 14.1. The van der Waals surface area contributed by atoms with E-state index < -0.39 is 0 Å². The number of nitrogens with one attached hydrogen (secondary N) is 4. The summed E-state index contributed by atoms with van der Waals surface area (Å²) in [4.78, 5) is 44.8. The van der Waals surface area contributed by atoms with Gasteiger partial charge in [0.1, 0.15) is 0 Å². The van der Waals surface area contributed by atoms with Crippen molar-refractivity contribution in [3.8, 4) is 11.4 Å². The molecule has 9 nitrogen and oxygen atoms in total. The fraction of sp³-hybridized carbons (Fsp3) is 0.536. The third-order valence-electron chi connectivity index (χ3n) is 6.99. The molecule has 0 saturated carbocycles. The van der Waals surface area contributed by atoms with E-state index in [2.05, 4.69) is 31.2 Å². The van der Waals surface area contributed by atoms with E-state index in [4.69, 9.17) is 0 Å². The number of thioether (sulfide) groups is 1. The molecule has 0 aliphatic carbocycles. The number of unbranched alkanes of at least 4 members (excludes halogenated alkanes) is 4. The van der Waals surface area contributed by atoms with Crippen molar-refractivity contribution in [2.24, 2.45) is 0 Å². The van der Waals surface area contributed by atoms with Gasteiger partial charge in [-0.05, 0) is 62.4 Å². The van der Waals surface area contributed by atoms with Crippen LogP contribution in [0.2, 0.25) is 0 Å². The van der Waals surface area contributed by atoms with Crippen molar-refractivity contribution >= 4 is 29.6 Å². The molecule has 204 valence electrons. The van der Waals surface area contributed by atoms with Crippen LogP contribution in [-0.2, 0) is 4.79 Å². The molecule has 38 heavy (non-hydrogen) atoms. The maximum absolute atomic E-state index is 12.5. The predicted octanol–water partition coefficient (Wildman–Crippen LogP) is 3.58. The second-order valence-corrected chi connectivity index (χ2v) is 11.3. The molecule has 0 unspecified atom stereocenters. The summed E-state index contributed by atoms with van der Waals surface area (Å²) in [6, 6.07) is 7.81. The predicted molar refractivity (Wildman–Crippen MR) is 150 cm³/mol. The Balaban J connectivity index is 1.00. The molecule has 0 bridgehead atoms. The molecule has 0 aromatic carbocycles. The highest BCUT2D eigenvalue weighted by Gasteiger charge is 2.42. The normalized spacial score (nSPS) is 19.9. The summed E-state index contributed by atoms with van der Waals surface area (Å²) >= 11 is 1.91. The summed E-state index contributed by atoms with van der Waals surface area (Å²) in [7, 11) is 0. The Morgan fingerprint density at radius 2 is 1.68 bits per heavy atom. The summed E-state index contributed by atoms with van der Waals surface area (Å²) < 4.78 is 0. The topological polar surface area (TPSA) is 125 Å². The van der Waals surface area contributed by atoms with Crippen LogP contribution >= 0.6 is 11.8 Å². The smallest absolute Gasteiger partial charge is 0.315 e. The monoisotopic (exact) mass is 538 g/mol. The molecule has 4 N–H and O–H groups in total. The van der Waals surface area contributed by atoms with E-state index in [-0.39, 0.29) is 29.9 Å². The number of nitrogens with zero attached hydrogens (tertiary/aromatic N) is 2. The number of pyridine rings is 2. The van der Waals surface area contributed by atoms with E-state index in [0.29, 0.717) is 36.0 Å². The van der Waals surface area contributed by atoms with Gasteiger partial charge in [0.2, 0.25) is 5.91 Å². The van der Waals surface area contributed by atoms with Crippen LogP contribution in [0.5, 0.6) is 0 Å². The lowest BCUT2D eigenvalue weighted by molar-refractivity contribution is -0.121. The minimum absolute atomic E-state index is 0.0509. The number of aromatic nitrogens is 2. The zero-order chi connectivity index (χ0) is 26.7. The average molecular weight is 539 g/mol. The van der Waals surface area contributed by atoms with Crippen molar-refractivity contribution in [1.82, 2.24) is 31.2 Å². The SMILES string of the molecule is Cc1ccnc(-c2cc(C(=O)NCCCCCCNC(=O)CCCC[C@@H]3SC[C@@H]4NC(=O)N[C@@H]43)ccn2)c1. The second-order valence-electron chi connectivity index (χ2n) is 10.0. The molecule has 2 aliphatic rings. The molecule has 2 aromatic heterocycles. The third kappa shape index (κ3) is 8.18. The average Bonchev–Trinajstić information content (AvgIpc) is 3.47. The Labute approximate surface area is 228 Å². The highest BCUT2D eigenvalue weighted by atomic mass is 32.2. The van der Waals surface area contributed by atoms with Crippen molar-refractivity contribution in [2.45, 2.75) is 75.6 Å². The third-order valence-corrected chi connectivity index (χ3v) is 8.50. The first-order valence-electron chi connectivity index (χ1n) is 13.6. The Bertz CT molecular complexity index is 1110. The summed E-state index contributed by atoms with van der Waals surface area (Å²) in [6.45, 7) is 3.31. The van der Waals surface area contributed by atoms with Crippen molar-refractivity contribution in [1.29, 1.82) is 0 Å². The van der Waals surface area contributed by atoms with Gasteiger partial charge < -0.3 is 21.3 Å². The summed E-state index contributed by atoms with van der Waals surface area (Å²) in [5.74, 6) is 0.978. The first kappa shape index (κ1) is 27.9. The van der Waals surface area contributed by atoms with Gasteiger partial charge in [0.15, 0.2) is 0 Å². The van der Waals surface area contributed by atoms with Gasteiger partial charge in [-0.2, -0.15) is 11.8 Å². The Morgan fingerprint density at radius 1 is 0.947 bits per heavy atom. The summed E-state index contributed by atoms with van der Waals surface area (Å²) in [6.07, 6.45) is 10.7. The number of hydrogen-bond acceptors (Lipinski definition) is 6. The van der Waals surface area contributed by atoms with Crippen molar-refractivity contribution < 1.29 is 14.4 Å². The number of carbonyl (C=O) groups excluding carboxylic acids is 3. The van der Waals surface area contributed by atoms with Gasteiger partial charge in [-0.25, -0.2) is 4.79 Å². The van der Waals surface area contributed by atoms with E-state index in [9.17, 15) is 14.4 Å². The number of amides is 4. The van der Waals surface area contributed by atoms with Gasteiger partial charge >= 0.3 is 6.03 Å². The molecule has 10 heteroatoms. The van der Waals surface area contributed by atoms with Crippen molar-refractivity contribution in [3.63, 3.8) is 0 Å². The molecule has 2 aromatic rings. The maximum atomic E-state index is 12.5. The van der Waals surface area contributed by atoms with E-state index >= 15 is 0 Å². The number of aryl methyl sites for hydroxylation is 1. The minimum atomic E-state index is -0.107. The first-order valence-corrected chi connectivity index (χ1v) is 14.7.